The minimum absolute atomic E-state index is 0.0476. The summed E-state index contributed by atoms with van der Waals surface area (Å²) in [4.78, 5) is 28.0. The van der Waals surface area contributed by atoms with Crippen molar-refractivity contribution in [2.24, 2.45) is 0 Å². The van der Waals surface area contributed by atoms with E-state index in [9.17, 15) is 14.7 Å². The van der Waals surface area contributed by atoms with E-state index in [1.165, 1.54) is 4.90 Å². The predicted molar refractivity (Wildman–Crippen MR) is 131 cm³/mol. The first-order chi connectivity index (χ1) is 16.5. The third-order valence-electron chi connectivity index (χ3n) is 5.47. The van der Waals surface area contributed by atoms with Crippen LogP contribution in [0.2, 0.25) is 5.02 Å². The minimum atomic E-state index is -0.857. The number of hydrogen-bond donors (Lipinski definition) is 1. The molecule has 1 aliphatic rings. The number of ketones is 1. The number of anilines is 1. The fourth-order valence-electron chi connectivity index (χ4n) is 4.03. The third kappa shape index (κ3) is 4.37. The van der Waals surface area contributed by atoms with Gasteiger partial charge in [0, 0.05) is 17.3 Å². The van der Waals surface area contributed by atoms with Crippen molar-refractivity contribution in [3.63, 3.8) is 0 Å². The lowest BCUT2D eigenvalue weighted by Gasteiger charge is -2.26. The number of amides is 1. The molecule has 1 unspecified atom stereocenters. The summed E-state index contributed by atoms with van der Waals surface area (Å²) in [5, 5.41) is 11.6. The Morgan fingerprint density at radius 2 is 1.59 bits per heavy atom. The Balaban J connectivity index is 1.92. The Kier molecular flexibility index (Phi) is 6.89. The lowest BCUT2D eigenvalue weighted by atomic mass is 9.95. The molecule has 1 amide bonds. The molecular weight excluding hydrogens is 454 g/mol. The summed E-state index contributed by atoms with van der Waals surface area (Å²) in [6, 6.07) is 20.0. The van der Waals surface area contributed by atoms with E-state index in [0.29, 0.717) is 36.0 Å². The first-order valence-corrected chi connectivity index (χ1v) is 11.4. The van der Waals surface area contributed by atoms with Crippen molar-refractivity contribution < 1.29 is 24.2 Å². The molecule has 1 fully saturated rings. The number of nitrogens with zero attached hydrogens (tertiary/aromatic N) is 1. The molecule has 0 radical (unpaired) electrons. The second-order valence-corrected chi connectivity index (χ2v) is 7.99. The van der Waals surface area contributed by atoms with Crippen LogP contribution >= 0.6 is 11.6 Å². The third-order valence-corrected chi connectivity index (χ3v) is 5.80. The topological polar surface area (TPSA) is 76.1 Å². The zero-order valence-electron chi connectivity index (χ0n) is 18.8. The molecule has 1 heterocycles. The van der Waals surface area contributed by atoms with E-state index in [-0.39, 0.29) is 21.9 Å². The molecule has 1 saturated heterocycles. The smallest absolute Gasteiger partial charge is 0.300 e. The Hall–Kier alpha value is -3.77. The first kappa shape index (κ1) is 23.4. The Morgan fingerprint density at radius 1 is 0.912 bits per heavy atom. The number of rotatable bonds is 7. The number of halogens is 1. The maximum absolute atomic E-state index is 13.3. The summed E-state index contributed by atoms with van der Waals surface area (Å²) in [5.41, 5.74) is 1.32. The average Bonchev–Trinajstić information content (AvgIpc) is 3.11. The second-order valence-electron chi connectivity index (χ2n) is 7.58. The van der Waals surface area contributed by atoms with Crippen LogP contribution in [0.15, 0.2) is 78.4 Å². The van der Waals surface area contributed by atoms with Crippen molar-refractivity contribution in [1.82, 2.24) is 0 Å². The van der Waals surface area contributed by atoms with E-state index < -0.39 is 17.7 Å². The lowest BCUT2D eigenvalue weighted by Crippen LogP contribution is -2.29. The van der Waals surface area contributed by atoms with Gasteiger partial charge < -0.3 is 14.6 Å². The first-order valence-electron chi connectivity index (χ1n) is 11.0. The number of carbonyl (C=O) groups is 2. The fraction of sp³-hybridized carbons (Fsp3) is 0.185. The molecule has 3 aromatic rings. The summed E-state index contributed by atoms with van der Waals surface area (Å²) in [6.45, 7) is 4.58. The molecule has 0 spiro atoms. The number of Topliss-reactive ketones (excluding diaryl/α,β-unsaturated/α-hetero) is 1. The lowest BCUT2D eigenvalue weighted by molar-refractivity contribution is -0.132. The van der Waals surface area contributed by atoms with Crippen molar-refractivity contribution >= 4 is 34.7 Å². The van der Waals surface area contributed by atoms with Gasteiger partial charge in [-0.15, -0.1) is 0 Å². The van der Waals surface area contributed by atoms with E-state index in [2.05, 4.69) is 0 Å². The number of carbonyl (C=O) groups excluding carboxylic acids is 2. The fourth-order valence-corrected chi connectivity index (χ4v) is 4.23. The maximum Gasteiger partial charge on any atom is 0.300 e. The van der Waals surface area contributed by atoms with Crippen LogP contribution in [-0.4, -0.2) is 30.0 Å². The van der Waals surface area contributed by atoms with Crippen LogP contribution in [0.3, 0.4) is 0 Å². The van der Waals surface area contributed by atoms with Crippen molar-refractivity contribution in [3.05, 3.63) is 94.5 Å². The normalized spacial score (nSPS) is 17.1. The standard InChI is InChI=1S/C27H24ClNO5/c1-3-33-19-12-8-11-18(15-19)29-24(17-9-6-5-7-10-17)23(26(31)27(29)32)25(30)21-16-20(34-4-2)13-14-22(21)28/h5-16,24,30H,3-4H2,1-2H3/b25-23+. The van der Waals surface area contributed by atoms with Gasteiger partial charge in [0.1, 0.15) is 17.3 Å². The number of hydrogen-bond acceptors (Lipinski definition) is 5. The largest absolute Gasteiger partial charge is 0.507 e. The molecule has 6 nitrogen and oxygen atoms in total. The average molecular weight is 478 g/mol. The number of benzene rings is 3. The van der Waals surface area contributed by atoms with Gasteiger partial charge >= 0.3 is 0 Å². The zero-order valence-corrected chi connectivity index (χ0v) is 19.6. The zero-order chi connectivity index (χ0) is 24.2. The van der Waals surface area contributed by atoms with Gasteiger partial charge in [-0.05, 0) is 49.7 Å². The molecule has 0 saturated carbocycles. The molecule has 1 aliphatic heterocycles. The molecule has 0 aromatic heterocycles. The molecule has 4 rings (SSSR count). The molecule has 34 heavy (non-hydrogen) atoms. The minimum Gasteiger partial charge on any atom is -0.507 e. The van der Waals surface area contributed by atoms with Crippen LogP contribution in [0.1, 0.15) is 31.0 Å². The van der Waals surface area contributed by atoms with Gasteiger partial charge in [0.25, 0.3) is 11.7 Å². The van der Waals surface area contributed by atoms with E-state index in [0.717, 1.165) is 0 Å². The van der Waals surface area contributed by atoms with Gasteiger partial charge in [-0.3, -0.25) is 14.5 Å². The molecule has 0 bridgehead atoms. The van der Waals surface area contributed by atoms with Gasteiger partial charge in [0.2, 0.25) is 0 Å². The summed E-state index contributed by atoms with van der Waals surface area (Å²) in [7, 11) is 0. The molecule has 3 aromatic carbocycles. The molecule has 0 aliphatic carbocycles. The highest BCUT2D eigenvalue weighted by Crippen LogP contribution is 2.43. The van der Waals surface area contributed by atoms with Crippen LogP contribution in [0.25, 0.3) is 5.76 Å². The van der Waals surface area contributed by atoms with Gasteiger partial charge in [0.15, 0.2) is 0 Å². The maximum atomic E-state index is 13.3. The number of ether oxygens (including phenoxy) is 2. The summed E-state index contributed by atoms with van der Waals surface area (Å²) in [5.74, 6) is -0.848. The summed E-state index contributed by atoms with van der Waals surface area (Å²) in [6.07, 6.45) is 0. The van der Waals surface area contributed by atoms with Crippen LogP contribution in [0.4, 0.5) is 5.69 Å². The second kappa shape index (κ2) is 10.0. The number of aliphatic hydroxyl groups excluding tert-OH is 1. The SMILES string of the molecule is CCOc1cccc(N2C(=O)C(=O)/C(=C(/O)c3cc(OCC)ccc3Cl)C2c2ccccc2)c1. The van der Waals surface area contributed by atoms with Crippen LogP contribution in [0, 0.1) is 0 Å². The quantitative estimate of drug-likeness (QED) is 0.266. The van der Waals surface area contributed by atoms with Gasteiger partial charge in [0.05, 0.1) is 29.9 Å². The molecule has 7 heteroatoms. The highest BCUT2D eigenvalue weighted by atomic mass is 35.5. The predicted octanol–water partition coefficient (Wildman–Crippen LogP) is 5.76. The summed E-state index contributed by atoms with van der Waals surface area (Å²) >= 11 is 6.38. The monoisotopic (exact) mass is 477 g/mol. The van der Waals surface area contributed by atoms with Crippen molar-refractivity contribution in [3.8, 4) is 11.5 Å². The molecule has 1 N–H and O–H groups in total. The summed E-state index contributed by atoms with van der Waals surface area (Å²) < 4.78 is 11.1. The Bertz CT molecular complexity index is 1250. The van der Waals surface area contributed by atoms with Crippen molar-refractivity contribution in [1.29, 1.82) is 0 Å². The van der Waals surface area contributed by atoms with E-state index in [4.69, 9.17) is 21.1 Å². The van der Waals surface area contributed by atoms with Gasteiger partial charge in [-0.25, -0.2) is 0 Å². The van der Waals surface area contributed by atoms with Crippen molar-refractivity contribution in [2.75, 3.05) is 18.1 Å². The van der Waals surface area contributed by atoms with Crippen molar-refractivity contribution in [2.45, 2.75) is 19.9 Å². The number of aliphatic hydroxyl groups is 1. The van der Waals surface area contributed by atoms with Crippen LogP contribution in [-0.2, 0) is 9.59 Å². The highest BCUT2D eigenvalue weighted by Gasteiger charge is 2.47. The van der Waals surface area contributed by atoms with E-state index >= 15 is 0 Å². The Labute approximate surface area is 203 Å². The van der Waals surface area contributed by atoms with Gasteiger partial charge in [-0.1, -0.05) is 48.0 Å². The van der Waals surface area contributed by atoms with E-state index in [1.54, 1.807) is 54.6 Å². The van der Waals surface area contributed by atoms with Crippen LogP contribution < -0.4 is 14.4 Å². The Morgan fingerprint density at radius 3 is 2.26 bits per heavy atom. The van der Waals surface area contributed by atoms with Crippen LogP contribution in [0.5, 0.6) is 11.5 Å². The highest BCUT2D eigenvalue weighted by molar-refractivity contribution is 6.52. The molecular formula is C27H24ClNO5. The van der Waals surface area contributed by atoms with Gasteiger partial charge in [-0.2, -0.15) is 0 Å². The molecule has 174 valence electrons. The van der Waals surface area contributed by atoms with E-state index in [1.807, 2.05) is 32.0 Å². The molecule has 1 atom stereocenters.